The van der Waals surface area contributed by atoms with E-state index in [0.29, 0.717) is 23.9 Å². The monoisotopic (exact) mass is 417 g/mol. The number of carbonyl (C=O) groups excluding carboxylic acids is 1. The number of hydrogen-bond donors (Lipinski definition) is 2. The number of likely N-dealkylation sites (tertiary alicyclic amines) is 1. The van der Waals surface area contributed by atoms with Crippen LogP contribution in [-0.2, 0) is 6.42 Å². The number of nitrogens with one attached hydrogen (secondary N) is 2. The third kappa shape index (κ3) is 6.69. The second kappa shape index (κ2) is 10.9. The predicted octanol–water partition coefficient (Wildman–Crippen LogP) is 4.44. The topological polar surface area (TPSA) is 53.6 Å². The van der Waals surface area contributed by atoms with Crippen LogP contribution in [0.2, 0.25) is 0 Å². The van der Waals surface area contributed by atoms with Gasteiger partial charge in [-0.25, -0.2) is 13.6 Å². The molecule has 1 aliphatic heterocycles. The smallest absolute Gasteiger partial charge is 0.319 e. The van der Waals surface area contributed by atoms with Gasteiger partial charge in [-0.2, -0.15) is 0 Å². The summed E-state index contributed by atoms with van der Waals surface area (Å²) in [6, 6.07) is 11.2. The first-order valence-electron chi connectivity index (χ1n) is 10.4. The fraction of sp³-hybridized carbons (Fsp3) is 0.435. The molecule has 7 heteroatoms. The van der Waals surface area contributed by atoms with E-state index in [2.05, 4.69) is 15.5 Å². The Balaban J connectivity index is 1.30. The molecular formula is C23H29F2N3O2. The van der Waals surface area contributed by atoms with Gasteiger partial charge in [0.25, 0.3) is 0 Å². The number of benzene rings is 2. The quantitative estimate of drug-likeness (QED) is 0.625. The van der Waals surface area contributed by atoms with Crippen molar-refractivity contribution < 1.29 is 18.3 Å². The van der Waals surface area contributed by atoms with E-state index in [4.69, 9.17) is 4.74 Å². The Morgan fingerprint density at radius 1 is 1.13 bits per heavy atom. The summed E-state index contributed by atoms with van der Waals surface area (Å²) >= 11 is 0. The van der Waals surface area contributed by atoms with Crippen molar-refractivity contribution in [2.75, 3.05) is 38.6 Å². The average molecular weight is 418 g/mol. The second-order valence-corrected chi connectivity index (χ2v) is 7.70. The van der Waals surface area contributed by atoms with Crippen molar-refractivity contribution in [1.29, 1.82) is 0 Å². The molecule has 2 amide bonds. The van der Waals surface area contributed by atoms with Crippen LogP contribution in [0, 0.1) is 17.6 Å². The number of urea groups is 1. The number of ether oxygens (including phenoxy) is 1. The highest BCUT2D eigenvalue weighted by Gasteiger charge is 2.19. The van der Waals surface area contributed by atoms with Crippen molar-refractivity contribution in [3.8, 4) is 5.75 Å². The lowest BCUT2D eigenvalue weighted by atomic mass is 9.90. The first-order valence-corrected chi connectivity index (χ1v) is 10.4. The van der Waals surface area contributed by atoms with Crippen LogP contribution in [0.5, 0.6) is 5.75 Å². The lowest BCUT2D eigenvalue weighted by molar-refractivity contribution is 0.182. The fourth-order valence-electron chi connectivity index (χ4n) is 3.79. The van der Waals surface area contributed by atoms with Crippen molar-refractivity contribution >= 4 is 11.7 Å². The van der Waals surface area contributed by atoms with E-state index in [1.807, 2.05) is 18.2 Å². The average Bonchev–Trinajstić information content (AvgIpc) is 2.75. The largest absolute Gasteiger partial charge is 0.497 e. The molecule has 1 saturated heterocycles. The van der Waals surface area contributed by atoms with E-state index >= 15 is 0 Å². The molecule has 3 rings (SSSR count). The van der Waals surface area contributed by atoms with Crippen LogP contribution < -0.4 is 15.4 Å². The van der Waals surface area contributed by atoms with Gasteiger partial charge < -0.3 is 20.3 Å². The van der Waals surface area contributed by atoms with E-state index < -0.39 is 11.6 Å². The standard InChI is InChI=1S/C23H29F2N3O2/c1-30-20-5-2-4-19(16-20)27-23(29)26-10-3-11-28-12-8-17(9-13-28)14-18-6-7-21(24)22(25)15-18/h2,4-7,15-17H,3,8-14H2,1H3,(H2,26,27,29). The maximum Gasteiger partial charge on any atom is 0.319 e. The lowest BCUT2D eigenvalue weighted by Gasteiger charge is -2.32. The molecule has 0 saturated carbocycles. The van der Waals surface area contributed by atoms with Crippen LogP contribution >= 0.6 is 0 Å². The van der Waals surface area contributed by atoms with Crippen molar-refractivity contribution in [2.24, 2.45) is 5.92 Å². The number of rotatable bonds is 8. The number of nitrogens with zero attached hydrogens (tertiary/aromatic N) is 1. The summed E-state index contributed by atoms with van der Waals surface area (Å²) in [6.45, 7) is 3.51. The minimum atomic E-state index is -0.792. The van der Waals surface area contributed by atoms with Gasteiger partial charge in [0.2, 0.25) is 0 Å². The van der Waals surface area contributed by atoms with Crippen molar-refractivity contribution in [3.05, 3.63) is 59.7 Å². The summed E-state index contributed by atoms with van der Waals surface area (Å²) in [4.78, 5) is 14.4. The van der Waals surface area contributed by atoms with Gasteiger partial charge in [-0.05, 0) is 81.1 Å². The van der Waals surface area contributed by atoms with Gasteiger partial charge in [-0.3, -0.25) is 0 Å². The number of methoxy groups -OCH3 is 1. The summed E-state index contributed by atoms with van der Waals surface area (Å²) in [5.41, 5.74) is 1.55. The molecule has 0 spiro atoms. The molecule has 0 aromatic heterocycles. The SMILES string of the molecule is COc1cccc(NC(=O)NCCCN2CCC(Cc3ccc(F)c(F)c3)CC2)c1. The molecule has 0 bridgehead atoms. The Morgan fingerprint density at radius 2 is 1.93 bits per heavy atom. The number of piperidine rings is 1. The summed E-state index contributed by atoms with van der Waals surface area (Å²) in [5, 5.41) is 5.67. The molecule has 2 N–H and O–H groups in total. The zero-order valence-electron chi connectivity index (χ0n) is 17.3. The molecule has 0 radical (unpaired) electrons. The predicted molar refractivity (Wildman–Crippen MR) is 114 cm³/mol. The van der Waals surface area contributed by atoms with Gasteiger partial charge in [0, 0.05) is 18.3 Å². The lowest BCUT2D eigenvalue weighted by Crippen LogP contribution is -2.37. The summed E-state index contributed by atoms with van der Waals surface area (Å²) in [5.74, 6) is -0.370. The molecule has 30 heavy (non-hydrogen) atoms. The van der Waals surface area contributed by atoms with Crippen LogP contribution in [0.1, 0.15) is 24.8 Å². The Kier molecular flexibility index (Phi) is 8.02. The molecule has 2 aromatic rings. The number of anilines is 1. The van der Waals surface area contributed by atoms with Gasteiger partial charge in [0.1, 0.15) is 5.75 Å². The first kappa shape index (κ1) is 22.0. The van der Waals surface area contributed by atoms with E-state index in [0.717, 1.165) is 50.9 Å². The summed E-state index contributed by atoms with van der Waals surface area (Å²) in [7, 11) is 1.59. The fourth-order valence-corrected chi connectivity index (χ4v) is 3.79. The van der Waals surface area contributed by atoms with Crippen molar-refractivity contribution in [2.45, 2.75) is 25.7 Å². The summed E-state index contributed by atoms with van der Waals surface area (Å²) in [6.07, 6.45) is 3.75. The third-order valence-corrected chi connectivity index (χ3v) is 5.48. The van der Waals surface area contributed by atoms with Crippen LogP contribution in [0.15, 0.2) is 42.5 Å². The molecule has 2 aromatic carbocycles. The van der Waals surface area contributed by atoms with Gasteiger partial charge in [0.15, 0.2) is 11.6 Å². The van der Waals surface area contributed by atoms with Gasteiger partial charge >= 0.3 is 6.03 Å². The second-order valence-electron chi connectivity index (χ2n) is 7.70. The molecule has 0 unspecified atom stereocenters. The number of carbonyl (C=O) groups is 1. The van der Waals surface area contributed by atoms with Crippen molar-refractivity contribution in [3.63, 3.8) is 0 Å². The minimum absolute atomic E-state index is 0.228. The number of hydrogen-bond acceptors (Lipinski definition) is 3. The van der Waals surface area contributed by atoms with Crippen molar-refractivity contribution in [1.82, 2.24) is 10.2 Å². The highest BCUT2D eigenvalue weighted by molar-refractivity contribution is 5.89. The molecule has 0 aliphatic carbocycles. The van der Waals surface area contributed by atoms with E-state index in [9.17, 15) is 13.6 Å². The Bertz CT molecular complexity index is 839. The first-order chi connectivity index (χ1) is 14.5. The van der Waals surface area contributed by atoms with Gasteiger partial charge in [-0.15, -0.1) is 0 Å². The highest BCUT2D eigenvalue weighted by Crippen LogP contribution is 2.22. The molecule has 1 fully saturated rings. The normalized spacial score (nSPS) is 15.0. The van der Waals surface area contributed by atoms with Crippen LogP contribution in [0.25, 0.3) is 0 Å². The molecule has 5 nitrogen and oxygen atoms in total. The van der Waals surface area contributed by atoms with Crippen LogP contribution in [-0.4, -0.2) is 44.2 Å². The molecule has 1 aliphatic rings. The Morgan fingerprint density at radius 3 is 2.67 bits per heavy atom. The highest BCUT2D eigenvalue weighted by atomic mass is 19.2. The zero-order chi connectivity index (χ0) is 21.3. The third-order valence-electron chi connectivity index (χ3n) is 5.48. The van der Waals surface area contributed by atoms with Crippen LogP contribution in [0.3, 0.4) is 0 Å². The Hall–Kier alpha value is -2.67. The maximum absolute atomic E-state index is 13.4. The minimum Gasteiger partial charge on any atom is -0.497 e. The van der Waals surface area contributed by atoms with Crippen LogP contribution in [0.4, 0.5) is 19.3 Å². The van der Waals surface area contributed by atoms with Gasteiger partial charge in [-0.1, -0.05) is 12.1 Å². The molecule has 162 valence electrons. The van der Waals surface area contributed by atoms with E-state index in [1.165, 1.54) is 12.1 Å². The maximum atomic E-state index is 13.4. The van der Waals surface area contributed by atoms with Gasteiger partial charge in [0.05, 0.1) is 7.11 Å². The summed E-state index contributed by atoms with van der Waals surface area (Å²) < 4.78 is 31.6. The molecule has 1 heterocycles. The zero-order valence-corrected chi connectivity index (χ0v) is 17.3. The molecular weight excluding hydrogens is 388 g/mol. The Labute approximate surface area is 176 Å². The number of amides is 2. The number of halogens is 2. The van der Waals surface area contributed by atoms with E-state index in [1.54, 1.807) is 19.2 Å². The molecule has 0 atom stereocenters. The van der Waals surface area contributed by atoms with E-state index in [-0.39, 0.29) is 6.03 Å².